The van der Waals surface area contributed by atoms with Crippen LogP contribution in [0.2, 0.25) is 5.02 Å². The lowest BCUT2D eigenvalue weighted by Crippen LogP contribution is -2.21. The van der Waals surface area contributed by atoms with Gasteiger partial charge in [-0.2, -0.15) is 0 Å². The second kappa shape index (κ2) is 8.41. The fourth-order valence-electron chi connectivity index (χ4n) is 2.15. The first-order valence-electron chi connectivity index (χ1n) is 7.95. The van der Waals surface area contributed by atoms with Crippen molar-refractivity contribution in [2.75, 3.05) is 23.8 Å². The fraction of sp³-hybridized carbons (Fsp3) is 0.176. The van der Waals surface area contributed by atoms with E-state index in [4.69, 9.17) is 22.1 Å². The second-order valence-corrected chi connectivity index (χ2v) is 5.74. The number of urea groups is 1. The topological polar surface area (TPSA) is 115 Å². The summed E-state index contributed by atoms with van der Waals surface area (Å²) in [4.78, 5) is 16.4. The Hall–Kier alpha value is -2.97. The quantitative estimate of drug-likeness (QED) is 0.573. The molecule has 2 amide bonds. The van der Waals surface area contributed by atoms with Crippen LogP contribution in [0.25, 0.3) is 11.0 Å². The zero-order valence-electron chi connectivity index (χ0n) is 13.8. The molecule has 0 saturated carbocycles. The van der Waals surface area contributed by atoms with Crippen LogP contribution < -0.4 is 21.1 Å². The number of fused-ring (bicyclic) bond motifs is 1. The molecule has 1 aromatic heterocycles. The van der Waals surface area contributed by atoms with E-state index in [0.717, 1.165) is 6.42 Å². The van der Waals surface area contributed by atoms with E-state index in [2.05, 4.69) is 25.8 Å². The van der Waals surface area contributed by atoms with Crippen molar-refractivity contribution in [3.8, 4) is 5.75 Å². The molecule has 0 atom stereocenters. The highest BCUT2D eigenvalue weighted by Crippen LogP contribution is 2.27. The standard InChI is InChI=1S/C17H17ClN6O2/c18-12-7-6-11(26-9-3-8-19)10-15(12)21-17(25)22-16-20-13-4-1-2-5-14(13)23-24-16/h1-2,4-7,10H,3,8-9,19H2,(H2,20,21,22,24,25). The molecule has 8 nitrogen and oxygen atoms in total. The number of amides is 2. The van der Waals surface area contributed by atoms with Gasteiger partial charge >= 0.3 is 6.03 Å². The Kier molecular flexibility index (Phi) is 5.77. The highest BCUT2D eigenvalue weighted by atomic mass is 35.5. The number of ether oxygens (including phenoxy) is 1. The first-order chi connectivity index (χ1) is 12.7. The van der Waals surface area contributed by atoms with Crippen LogP contribution >= 0.6 is 11.6 Å². The summed E-state index contributed by atoms with van der Waals surface area (Å²) < 4.78 is 5.55. The average Bonchev–Trinajstić information content (AvgIpc) is 2.64. The minimum atomic E-state index is -0.539. The molecule has 0 aliphatic heterocycles. The lowest BCUT2D eigenvalue weighted by atomic mass is 10.3. The van der Waals surface area contributed by atoms with Crippen molar-refractivity contribution in [2.45, 2.75) is 6.42 Å². The highest BCUT2D eigenvalue weighted by Gasteiger charge is 2.10. The van der Waals surface area contributed by atoms with E-state index >= 15 is 0 Å². The Morgan fingerprint density at radius 2 is 1.92 bits per heavy atom. The van der Waals surface area contributed by atoms with Crippen molar-refractivity contribution in [3.05, 3.63) is 47.5 Å². The van der Waals surface area contributed by atoms with E-state index in [-0.39, 0.29) is 5.95 Å². The Morgan fingerprint density at radius 3 is 2.73 bits per heavy atom. The second-order valence-electron chi connectivity index (χ2n) is 5.34. The van der Waals surface area contributed by atoms with Crippen LogP contribution in [0.15, 0.2) is 42.5 Å². The zero-order chi connectivity index (χ0) is 18.4. The van der Waals surface area contributed by atoms with Gasteiger partial charge in [-0.1, -0.05) is 23.7 Å². The summed E-state index contributed by atoms with van der Waals surface area (Å²) in [6.07, 6.45) is 0.734. The van der Waals surface area contributed by atoms with E-state index in [9.17, 15) is 4.79 Å². The van der Waals surface area contributed by atoms with E-state index in [1.807, 2.05) is 12.1 Å². The number of halogens is 1. The molecule has 0 aliphatic rings. The maximum atomic E-state index is 12.2. The number of nitrogens with two attached hydrogens (primary N) is 1. The first-order valence-corrected chi connectivity index (χ1v) is 8.33. The molecule has 0 saturated heterocycles. The number of benzene rings is 2. The Bertz CT molecular complexity index is 921. The summed E-state index contributed by atoms with van der Waals surface area (Å²) in [6.45, 7) is 1.03. The van der Waals surface area contributed by atoms with E-state index in [1.54, 1.807) is 30.3 Å². The van der Waals surface area contributed by atoms with Crippen molar-refractivity contribution < 1.29 is 9.53 Å². The van der Waals surface area contributed by atoms with Gasteiger partial charge < -0.3 is 15.8 Å². The van der Waals surface area contributed by atoms with Crippen molar-refractivity contribution in [1.29, 1.82) is 0 Å². The molecule has 0 aliphatic carbocycles. The van der Waals surface area contributed by atoms with Crippen molar-refractivity contribution in [1.82, 2.24) is 15.2 Å². The van der Waals surface area contributed by atoms with Crippen LogP contribution in [0.5, 0.6) is 5.75 Å². The average molecular weight is 373 g/mol. The molecule has 9 heteroatoms. The lowest BCUT2D eigenvalue weighted by Gasteiger charge is -2.11. The molecule has 2 aromatic carbocycles. The van der Waals surface area contributed by atoms with Crippen LogP contribution in [0.4, 0.5) is 16.4 Å². The van der Waals surface area contributed by atoms with Crippen LogP contribution in [0.1, 0.15) is 6.42 Å². The summed E-state index contributed by atoms with van der Waals surface area (Å²) in [6, 6.07) is 11.7. The molecule has 4 N–H and O–H groups in total. The van der Waals surface area contributed by atoms with Crippen LogP contribution in [0.3, 0.4) is 0 Å². The SMILES string of the molecule is NCCCOc1ccc(Cl)c(NC(=O)Nc2nnc3ccccc3n2)c1. The predicted octanol–water partition coefficient (Wildman–Crippen LogP) is 3.05. The van der Waals surface area contributed by atoms with Gasteiger partial charge in [-0.25, -0.2) is 9.78 Å². The van der Waals surface area contributed by atoms with Gasteiger partial charge in [0, 0.05) is 6.07 Å². The van der Waals surface area contributed by atoms with Crippen molar-refractivity contribution in [3.63, 3.8) is 0 Å². The normalized spacial score (nSPS) is 10.5. The number of carbonyl (C=O) groups excluding carboxylic acids is 1. The largest absolute Gasteiger partial charge is 0.493 e. The van der Waals surface area contributed by atoms with E-state index < -0.39 is 6.03 Å². The Labute approximate surface area is 154 Å². The number of hydrogen-bond acceptors (Lipinski definition) is 6. The number of aromatic nitrogens is 3. The number of carbonyl (C=O) groups is 1. The molecule has 134 valence electrons. The van der Waals surface area contributed by atoms with Gasteiger partial charge in [0.2, 0.25) is 0 Å². The number of para-hydroxylation sites is 1. The van der Waals surface area contributed by atoms with Gasteiger partial charge in [-0.3, -0.25) is 5.32 Å². The molecule has 0 unspecified atom stereocenters. The molecule has 0 spiro atoms. The molecule has 3 aromatic rings. The minimum absolute atomic E-state index is 0.0904. The number of anilines is 2. The third kappa shape index (κ3) is 4.56. The predicted molar refractivity (Wildman–Crippen MR) is 101 cm³/mol. The van der Waals surface area contributed by atoms with Crippen molar-refractivity contribution in [2.24, 2.45) is 5.73 Å². The molecule has 0 fully saturated rings. The zero-order valence-corrected chi connectivity index (χ0v) is 14.5. The maximum Gasteiger partial charge on any atom is 0.326 e. The number of nitrogens with one attached hydrogen (secondary N) is 2. The molecule has 26 heavy (non-hydrogen) atoms. The van der Waals surface area contributed by atoms with Gasteiger partial charge in [0.15, 0.2) is 0 Å². The lowest BCUT2D eigenvalue weighted by molar-refractivity contribution is 0.262. The van der Waals surface area contributed by atoms with Gasteiger partial charge in [-0.15, -0.1) is 10.2 Å². The van der Waals surface area contributed by atoms with Gasteiger partial charge in [0.25, 0.3) is 5.95 Å². The summed E-state index contributed by atoms with van der Waals surface area (Å²) in [5.74, 6) is 0.675. The highest BCUT2D eigenvalue weighted by molar-refractivity contribution is 6.33. The monoisotopic (exact) mass is 372 g/mol. The summed E-state index contributed by atoms with van der Waals surface area (Å²) >= 11 is 6.12. The first kappa shape index (κ1) is 17.8. The van der Waals surface area contributed by atoms with Gasteiger partial charge in [0.05, 0.1) is 22.8 Å². The molecule has 3 rings (SSSR count). The number of rotatable bonds is 6. The number of hydrogen-bond donors (Lipinski definition) is 3. The maximum absolute atomic E-state index is 12.2. The fourth-order valence-corrected chi connectivity index (χ4v) is 2.32. The molecule has 1 heterocycles. The minimum Gasteiger partial charge on any atom is -0.493 e. The van der Waals surface area contributed by atoms with Gasteiger partial charge in [0.1, 0.15) is 11.3 Å². The smallest absolute Gasteiger partial charge is 0.326 e. The molecule has 0 radical (unpaired) electrons. The number of nitrogens with zero attached hydrogens (tertiary/aromatic N) is 3. The van der Waals surface area contributed by atoms with Crippen molar-refractivity contribution >= 4 is 40.3 Å². The summed E-state index contributed by atoms with van der Waals surface area (Å²) in [5.41, 5.74) is 7.12. The van der Waals surface area contributed by atoms with Gasteiger partial charge in [-0.05, 0) is 37.2 Å². The van der Waals surface area contributed by atoms with E-state index in [1.165, 1.54) is 0 Å². The molecule has 0 bridgehead atoms. The Balaban J connectivity index is 1.67. The van der Waals surface area contributed by atoms with Crippen LogP contribution in [-0.4, -0.2) is 34.4 Å². The third-order valence-electron chi connectivity index (χ3n) is 3.39. The van der Waals surface area contributed by atoms with Crippen LogP contribution in [-0.2, 0) is 0 Å². The van der Waals surface area contributed by atoms with E-state index in [0.29, 0.717) is 40.6 Å². The summed E-state index contributed by atoms with van der Waals surface area (Å²) in [7, 11) is 0. The third-order valence-corrected chi connectivity index (χ3v) is 3.72. The molecular weight excluding hydrogens is 356 g/mol. The Morgan fingerprint density at radius 1 is 1.12 bits per heavy atom. The summed E-state index contributed by atoms with van der Waals surface area (Å²) in [5, 5.41) is 13.4. The van der Waals surface area contributed by atoms with Crippen LogP contribution in [0, 0.1) is 0 Å². The molecular formula is C17H17ClN6O2.